The molecule has 4 heterocycles. The fraction of sp³-hybridized carbons (Fsp3) is 0.273. The molecule has 1 aliphatic heterocycles. The van der Waals surface area contributed by atoms with Crippen molar-refractivity contribution in [3.8, 4) is 28.3 Å². The molecular formula is C33H29Cl2F2N7O4. The number of anilines is 2. The van der Waals surface area contributed by atoms with E-state index < -0.39 is 23.6 Å². The molecule has 1 fully saturated rings. The Morgan fingerprint density at radius 2 is 1.75 bits per heavy atom. The van der Waals surface area contributed by atoms with Gasteiger partial charge in [-0.15, -0.1) is 0 Å². The number of nitrogens with zero attached hydrogens (tertiary/aromatic N) is 6. The van der Waals surface area contributed by atoms with E-state index in [4.69, 9.17) is 27.9 Å². The van der Waals surface area contributed by atoms with Crippen molar-refractivity contribution >= 4 is 51.4 Å². The second kappa shape index (κ2) is 13.8. The third kappa shape index (κ3) is 6.53. The Kier molecular flexibility index (Phi) is 9.54. The van der Waals surface area contributed by atoms with Crippen LogP contribution in [0.25, 0.3) is 33.2 Å². The van der Waals surface area contributed by atoms with Crippen molar-refractivity contribution in [2.75, 3.05) is 25.5 Å². The van der Waals surface area contributed by atoms with E-state index in [-0.39, 0.29) is 27.5 Å². The lowest BCUT2D eigenvalue weighted by molar-refractivity contribution is -0.143. The fourth-order valence-electron chi connectivity index (χ4n) is 5.73. The van der Waals surface area contributed by atoms with Gasteiger partial charge in [0.15, 0.2) is 0 Å². The number of ether oxygens (including phenoxy) is 1. The molecule has 15 heteroatoms. The molecule has 48 heavy (non-hydrogen) atoms. The minimum atomic E-state index is -2.88. The van der Waals surface area contributed by atoms with Gasteiger partial charge in [0.2, 0.25) is 5.88 Å². The van der Waals surface area contributed by atoms with E-state index in [1.807, 2.05) is 0 Å². The molecule has 2 N–H and O–H groups in total. The summed E-state index contributed by atoms with van der Waals surface area (Å²) in [5.41, 5.74) is 2.01. The minimum absolute atomic E-state index is 0.0825. The lowest BCUT2D eigenvalue weighted by Gasteiger charge is -2.29. The van der Waals surface area contributed by atoms with Gasteiger partial charge in [-0.2, -0.15) is 5.10 Å². The number of aliphatic carboxylic acids is 1. The first-order chi connectivity index (χ1) is 23.0. The minimum Gasteiger partial charge on any atom is -0.481 e. The summed E-state index contributed by atoms with van der Waals surface area (Å²) in [6.07, 6.45) is 1.18. The van der Waals surface area contributed by atoms with Crippen LogP contribution in [0, 0.1) is 5.92 Å². The Bertz CT molecular complexity index is 2090. The molecule has 11 nitrogen and oxygen atoms in total. The molecule has 3 aromatic heterocycles. The quantitative estimate of drug-likeness (QED) is 0.171. The Balaban J connectivity index is 1.32. The van der Waals surface area contributed by atoms with Crippen LogP contribution in [0.1, 0.15) is 30.7 Å². The topological polar surface area (TPSA) is 135 Å². The number of carbonyl (C=O) groups is 1. The van der Waals surface area contributed by atoms with E-state index in [0.717, 1.165) is 10.7 Å². The number of likely N-dealkylation sites (tertiary alicyclic amines) is 1. The Hall–Kier alpha value is -4.72. The van der Waals surface area contributed by atoms with Crippen molar-refractivity contribution in [3.63, 3.8) is 0 Å². The number of carboxylic acid groups (broad SMARTS) is 1. The normalized spacial score (nSPS) is 14.1. The van der Waals surface area contributed by atoms with Crippen LogP contribution < -0.4 is 15.6 Å². The molecule has 2 aromatic carbocycles. The van der Waals surface area contributed by atoms with Crippen molar-refractivity contribution in [3.05, 3.63) is 86.6 Å². The Morgan fingerprint density at radius 1 is 1.06 bits per heavy atom. The molecule has 0 bridgehead atoms. The highest BCUT2D eigenvalue weighted by molar-refractivity contribution is 6.39. The van der Waals surface area contributed by atoms with Crippen molar-refractivity contribution in [1.29, 1.82) is 0 Å². The third-order valence-corrected chi connectivity index (χ3v) is 9.12. The molecule has 6 rings (SSSR count). The molecular weight excluding hydrogens is 667 g/mol. The number of carboxylic acids is 1. The zero-order valence-corrected chi connectivity index (χ0v) is 27.3. The fourth-order valence-corrected chi connectivity index (χ4v) is 6.33. The first-order valence-corrected chi connectivity index (χ1v) is 15.7. The maximum absolute atomic E-state index is 13.7. The number of pyridine rings is 1. The van der Waals surface area contributed by atoms with E-state index in [1.54, 1.807) is 42.6 Å². The smallest absolute Gasteiger partial charge is 0.306 e. The number of piperidine rings is 1. The maximum Gasteiger partial charge on any atom is 0.306 e. The number of halogens is 4. The van der Waals surface area contributed by atoms with Crippen LogP contribution in [0.5, 0.6) is 5.88 Å². The van der Waals surface area contributed by atoms with Crippen LogP contribution in [0.3, 0.4) is 0 Å². The zero-order valence-electron chi connectivity index (χ0n) is 25.8. The van der Waals surface area contributed by atoms with E-state index in [9.17, 15) is 23.5 Å². The maximum atomic E-state index is 13.7. The van der Waals surface area contributed by atoms with Gasteiger partial charge >= 0.3 is 5.97 Å². The number of benzene rings is 2. The van der Waals surface area contributed by atoms with Crippen LogP contribution in [-0.4, -0.2) is 60.9 Å². The molecule has 0 atom stereocenters. The predicted octanol–water partition coefficient (Wildman–Crippen LogP) is 6.75. The number of hydrogen-bond acceptors (Lipinski definition) is 9. The second-order valence-electron chi connectivity index (χ2n) is 11.3. The second-order valence-corrected chi connectivity index (χ2v) is 12.0. The van der Waals surface area contributed by atoms with Gasteiger partial charge < -0.3 is 15.2 Å². The van der Waals surface area contributed by atoms with Crippen LogP contribution >= 0.6 is 23.2 Å². The zero-order chi connectivity index (χ0) is 34.1. The highest BCUT2D eigenvalue weighted by Crippen LogP contribution is 2.42. The molecule has 248 valence electrons. The molecule has 0 aliphatic carbocycles. The number of aromatic nitrogens is 5. The molecule has 1 aliphatic rings. The van der Waals surface area contributed by atoms with E-state index >= 15 is 0 Å². The first kappa shape index (κ1) is 33.2. The summed E-state index contributed by atoms with van der Waals surface area (Å²) in [6, 6.07) is 11.6. The van der Waals surface area contributed by atoms with Crippen molar-refractivity contribution in [1.82, 2.24) is 29.6 Å². The average Bonchev–Trinajstić information content (AvgIpc) is 3.08. The monoisotopic (exact) mass is 695 g/mol. The van der Waals surface area contributed by atoms with Gasteiger partial charge in [0, 0.05) is 35.7 Å². The van der Waals surface area contributed by atoms with E-state index in [2.05, 4.69) is 30.3 Å². The van der Waals surface area contributed by atoms with E-state index in [1.165, 1.54) is 20.4 Å². The third-order valence-electron chi connectivity index (χ3n) is 8.30. The number of methoxy groups -OCH3 is 1. The number of aryl methyl sites for hydroxylation is 1. The summed E-state index contributed by atoms with van der Waals surface area (Å²) in [4.78, 5) is 39.7. The molecule has 0 unspecified atom stereocenters. The highest BCUT2D eigenvalue weighted by Gasteiger charge is 2.26. The van der Waals surface area contributed by atoms with Crippen molar-refractivity contribution < 1.29 is 23.4 Å². The van der Waals surface area contributed by atoms with Gasteiger partial charge in [0.05, 0.1) is 52.2 Å². The van der Waals surface area contributed by atoms with Gasteiger partial charge in [0.25, 0.3) is 12.0 Å². The largest absolute Gasteiger partial charge is 0.481 e. The number of fused-ring (bicyclic) bond motifs is 1. The average molecular weight is 697 g/mol. The van der Waals surface area contributed by atoms with Gasteiger partial charge in [-0.05, 0) is 38.1 Å². The van der Waals surface area contributed by atoms with Crippen LogP contribution in [-0.2, 0) is 18.4 Å². The lowest BCUT2D eigenvalue weighted by atomic mass is 9.97. The molecule has 1 saturated heterocycles. The Morgan fingerprint density at radius 3 is 2.44 bits per heavy atom. The summed E-state index contributed by atoms with van der Waals surface area (Å²) < 4.78 is 34.1. The molecule has 0 radical (unpaired) electrons. The van der Waals surface area contributed by atoms with Crippen molar-refractivity contribution in [2.45, 2.75) is 25.8 Å². The van der Waals surface area contributed by atoms with Crippen molar-refractivity contribution in [2.24, 2.45) is 13.0 Å². The summed E-state index contributed by atoms with van der Waals surface area (Å²) in [5.74, 6) is -0.866. The summed E-state index contributed by atoms with van der Waals surface area (Å²) in [5, 5.41) is 17.1. The predicted molar refractivity (Wildman–Crippen MR) is 178 cm³/mol. The standard InChI is InChI=1S/C33H29Cl2F2N7O4/c1-43-32(45)26-18(14-39-43)13-23(29(36)37)41-30(26)40-22-8-4-6-20(28(22)35)19-5-3-7-21(27(19)34)24-15-38-25(31(42-24)48-2)16-44-11-9-17(10-12-44)33(46)47/h3-8,13-15,17,29H,9-12,16H2,1-2H3,(H,40,41)(H,46,47). The molecule has 0 spiro atoms. The van der Waals surface area contributed by atoms with Crippen LogP contribution in [0.2, 0.25) is 10.0 Å². The highest BCUT2D eigenvalue weighted by atomic mass is 35.5. The van der Waals surface area contributed by atoms with Gasteiger partial charge in [-0.3, -0.25) is 19.5 Å². The SMILES string of the molecule is COc1nc(-c2cccc(-c3cccc(Nc4nc(C(F)F)cc5cnn(C)c(=O)c45)c3Cl)c2Cl)cnc1CN1CCC(C(=O)O)CC1. The number of hydrogen-bond donors (Lipinski definition) is 2. The van der Waals surface area contributed by atoms with Gasteiger partial charge in [-0.25, -0.2) is 23.4 Å². The lowest BCUT2D eigenvalue weighted by Crippen LogP contribution is -2.36. The molecule has 0 saturated carbocycles. The number of nitrogens with one attached hydrogen (secondary N) is 1. The van der Waals surface area contributed by atoms with Gasteiger partial charge in [0.1, 0.15) is 17.2 Å². The summed E-state index contributed by atoms with van der Waals surface area (Å²) in [7, 11) is 2.96. The van der Waals surface area contributed by atoms with Gasteiger partial charge in [-0.1, -0.05) is 53.5 Å². The number of rotatable bonds is 9. The van der Waals surface area contributed by atoms with E-state index in [0.29, 0.717) is 77.1 Å². The molecule has 5 aromatic rings. The first-order valence-electron chi connectivity index (χ1n) is 14.9. The summed E-state index contributed by atoms with van der Waals surface area (Å²) >= 11 is 13.9. The van der Waals surface area contributed by atoms with Crippen LogP contribution in [0.15, 0.2) is 59.7 Å². The Labute approximate surface area is 283 Å². The summed E-state index contributed by atoms with van der Waals surface area (Å²) in [6.45, 7) is 1.72. The number of alkyl halides is 2. The molecule has 0 amide bonds. The van der Waals surface area contributed by atoms with Crippen LogP contribution in [0.4, 0.5) is 20.3 Å².